The van der Waals surface area contributed by atoms with Gasteiger partial charge in [-0.25, -0.2) is 11.5 Å². The topological polar surface area (TPSA) is 74.7 Å². The number of phenolic OH excluding ortho intramolecular Hbond substituents is 1. The fourth-order valence-electron chi connectivity index (χ4n) is 0.540. The Morgan fingerprint density at radius 3 is 1.93 bits per heavy atom. The molecular formula is C7H9Cl2N4OTi-. The first kappa shape index (κ1) is 19.9. The molecule has 5 nitrogen and oxygen atoms in total. The molecule has 1 heterocycles. The first-order valence-electron chi connectivity index (χ1n) is 3.23. The molecule has 0 bridgehead atoms. The first-order valence-corrected chi connectivity index (χ1v) is 3.23. The van der Waals surface area contributed by atoms with Crippen molar-refractivity contribution in [2.45, 2.75) is 0 Å². The van der Waals surface area contributed by atoms with Gasteiger partial charge in [-0.2, -0.15) is 0 Å². The van der Waals surface area contributed by atoms with Gasteiger partial charge in [0.05, 0.1) is 0 Å². The van der Waals surface area contributed by atoms with E-state index in [1.807, 2.05) is 6.07 Å². The standard InChI is InChI=1S/C6H6O.CHN4.2ClH.Ti/c7-6-4-2-1-3-5-6;1-2-4-5-3-1;;;/h1-5,7H;(H,2,3,4,5);2*1H;/q;-1;;;. The van der Waals surface area contributed by atoms with Gasteiger partial charge in [0.2, 0.25) is 0 Å². The third kappa shape index (κ3) is 11.3. The Labute approximate surface area is 114 Å². The van der Waals surface area contributed by atoms with E-state index in [0.29, 0.717) is 5.75 Å². The molecule has 0 aliphatic carbocycles. The summed E-state index contributed by atoms with van der Waals surface area (Å²) in [6.07, 6.45) is 2.19. The van der Waals surface area contributed by atoms with Crippen molar-refractivity contribution in [1.29, 1.82) is 0 Å². The smallest absolute Gasteiger partial charge is 0.115 e. The molecule has 0 unspecified atom stereocenters. The summed E-state index contributed by atoms with van der Waals surface area (Å²) in [5, 5.41) is 20.4. The van der Waals surface area contributed by atoms with Crippen LogP contribution in [-0.4, -0.2) is 25.7 Å². The maximum atomic E-state index is 8.63. The van der Waals surface area contributed by atoms with Crippen LogP contribution < -0.4 is 0 Å². The van der Waals surface area contributed by atoms with Crippen LogP contribution in [0, 0.1) is 6.33 Å². The molecule has 0 atom stereocenters. The minimum Gasteiger partial charge on any atom is -0.508 e. The third-order valence-electron chi connectivity index (χ3n) is 0.996. The summed E-state index contributed by atoms with van der Waals surface area (Å²) in [5.74, 6) is 0.322. The van der Waals surface area contributed by atoms with Gasteiger partial charge in [0.1, 0.15) is 5.75 Å². The predicted octanol–water partition coefficient (Wildman–Crippen LogP) is 1.23. The molecular weight excluding hydrogens is 275 g/mol. The third-order valence-corrected chi connectivity index (χ3v) is 0.996. The molecule has 0 aliphatic heterocycles. The van der Waals surface area contributed by atoms with E-state index < -0.39 is 0 Å². The van der Waals surface area contributed by atoms with Crippen molar-refractivity contribution in [2.24, 2.45) is 0 Å². The molecule has 2 N–H and O–H groups in total. The first-order chi connectivity index (χ1) is 5.89. The molecule has 0 amide bonds. The van der Waals surface area contributed by atoms with Gasteiger partial charge in [0.25, 0.3) is 0 Å². The van der Waals surface area contributed by atoms with Crippen LogP contribution in [-0.2, 0) is 21.7 Å². The molecule has 2 aromatic rings. The van der Waals surface area contributed by atoms with Gasteiger partial charge < -0.3 is 15.3 Å². The molecule has 1 aromatic carbocycles. The van der Waals surface area contributed by atoms with Crippen LogP contribution in [0.3, 0.4) is 0 Å². The Morgan fingerprint density at radius 1 is 1.13 bits per heavy atom. The van der Waals surface area contributed by atoms with Crippen LogP contribution in [0.2, 0.25) is 0 Å². The molecule has 0 fully saturated rings. The number of para-hydroxylation sites is 1. The number of H-pyrrole nitrogens is 1. The van der Waals surface area contributed by atoms with Gasteiger partial charge >= 0.3 is 0 Å². The number of benzene rings is 1. The maximum Gasteiger partial charge on any atom is 0.115 e. The van der Waals surface area contributed by atoms with Crippen LogP contribution in [0.1, 0.15) is 0 Å². The van der Waals surface area contributed by atoms with Crippen LogP contribution in [0.5, 0.6) is 5.75 Å². The number of tetrazole rings is 1. The number of aromatic nitrogens is 4. The molecule has 0 radical (unpaired) electrons. The second kappa shape index (κ2) is 13.4. The zero-order chi connectivity index (χ0) is 8.65. The Bertz CT molecular complexity index is 278. The molecule has 0 saturated carbocycles. The number of hydrogen-bond acceptors (Lipinski definition) is 4. The molecule has 15 heavy (non-hydrogen) atoms. The van der Waals surface area contributed by atoms with Crippen molar-refractivity contribution < 1.29 is 26.8 Å². The zero-order valence-corrected chi connectivity index (χ0v) is 10.7. The average molecular weight is 284 g/mol. The fourth-order valence-corrected chi connectivity index (χ4v) is 0.540. The molecule has 82 valence electrons. The number of hydrogen-bond donors (Lipinski definition) is 2. The van der Waals surface area contributed by atoms with Gasteiger partial charge in [-0.05, 0) is 12.1 Å². The van der Waals surface area contributed by atoms with Gasteiger partial charge in [-0.1, -0.05) is 23.4 Å². The normalized spacial score (nSPS) is 6.67. The molecule has 0 spiro atoms. The minimum atomic E-state index is 0. The number of rotatable bonds is 0. The molecule has 0 aliphatic rings. The van der Waals surface area contributed by atoms with E-state index in [1.54, 1.807) is 24.3 Å². The fraction of sp³-hybridized carbons (Fsp3) is 0. The maximum absolute atomic E-state index is 8.63. The summed E-state index contributed by atoms with van der Waals surface area (Å²) in [7, 11) is 0. The van der Waals surface area contributed by atoms with Gasteiger partial charge in [-0.3, -0.25) is 0 Å². The van der Waals surface area contributed by atoms with Crippen LogP contribution in [0.15, 0.2) is 30.3 Å². The van der Waals surface area contributed by atoms with E-state index in [4.69, 9.17) is 5.11 Å². The average Bonchev–Trinajstić information content (AvgIpc) is 2.62. The number of phenols is 1. The number of nitrogens with zero attached hydrogens (tertiary/aromatic N) is 3. The molecule has 0 saturated heterocycles. The number of aromatic hydroxyl groups is 1. The van der Waals surface area contributed by atoms with E-state index in [1.165, 1.54) is 0 Å². The minimum absolute atomic E-state index is 0. The Morgan fingerprint density at radius 2 is 1.73 bits per heavy atom. The number of nitrogens with one attached hydrogen (secondary N) is 1. The monoisotopic (exact) mass is 283 g/mol. The van der Waals surface area contributed by atoms with Crippen molar-refractivity contribution in [3.63, 3.8) is 0 Å². The van der Waals surface area contributed by atoms with Crippen LogP contribution in [0.4, 0.5) is 0 Å². The summed E-state index contributed by atoms with van der Waals surface area (Å²) < 4.78 is 0. The van der Waals surface area contributed by atoms with Crippen LogP contribution >= 0.6 is 24.8 Å². The van der Waals surface area contributed by atoms with E-state index >= 15 is 0 Å². The Hall–Kier alpha value is -0.616. The predicted molar refractivity (Wildman–Crippen MR) is 55.6 cm³/mol. The zero-order valence-electron chi connectivity index (χ0n) is 7.49. The second-order valence-electron chi connectivity index (χ2n) is 1.85. The second-order valence-corrected chi connectivity index (χ2v) is 1.85. The van der Waals surface area contributed by atoms with E-state index in [9.17, 15) is 0 Å². The van der Waals surface area contributed by atoms with Crippen molar-refractivity contribution in [1.82, 2.24) is 20.6 Å². The molecule has 8 heteroatoms. The van der Waals surface area contributed by atoms with E-state index in [0.717, 1.165) is 0 Å². The van der Waals surface area contributed by atoms with Crippen molar-refractivity contribution in [3.8, 4) is 5.75 Å². The summed E-state index contributed by atoms with van der Waals surface area (Å²) >= 11 is 0. The van der Waals surface area contributed by atoms with Crippen molar-refractivity contribution in [2.75, 3.05) is 0 Å². The summed E-state index contributed by atoms with van der Waals surface area (Å²) in [4.78, 5) is 0. The molecule has 2 rings (SSSR count). The van der Waals surface area contributed by atoms with E-state index in [2.05, 4.69) is 27.0 Å². The summed E-state index contributed by atoms with van der Waals surface area (Å²) in [5.41, 5.74) is 0. The number of aromatic amines is 1. The quantitative estimate of drug-likeness (QED) is 0.563. The largest absolute Gasteiger partial charge is 0.508 e. The van der Waals surface area contributed by atoms with Gasteiger partial charge in [0, 0.05) is 21.7 Å². The Balaban J connectivity index is -0.000000165. The number of halogens is 2. The van der Waals surface area contributed by atoms with E-state index in [-0.39, 0.29) is 46.5 Å². The summed E-state index contributed by atoms with van der Waals surface area (Å²) in [6.45, 7) is 0. The van der Waals surface area contributed by atoms with Crippen molar-refractivity contribution >= 4 is 24.8 Å². The van der Waals surface area contributed by atoms with Gasteiger partial charge in [0.15, 0.2) is 0 Å². The summed E-state index contributed by atoms with van der Waals surface area (Å²) in [6, 6.07) is 8.71. The van der Waals surface area contributed by atoms with Gasteiger partial charge in [-0.15, -0.1) is 24.8 Å². The Kier molecular flexibility index (Phi) is 17.7. The van der Waals surface area contributed by atoms with Crippen molar-refractivity contribution in [3.05, 3.63) is 36.7 Å². The molecule has 1 aromatic heterocycles. The SMILES string of the molecule is Cl.Cl.Oc1ccccc1.[Ti].[c-]1nn[nH]n1. The van der Waals surface area contributed by atoms with Crippen LogP contribution in [0.25, 0.3) is 0 Å².